The lowest BCUT2D eigenvalue weighted by Gasteiger charge is -2.11. The molecule has 2 rings (SSSR count). The van der Waals surface area contributed by atoms with Gasteiger partial charge < -0.3 is 9.88 Å². The van der Waals surface area contributed by atoms with E-state index in [0.29, 0.717) is 12.3 Å². The van der Waals surface area contributed by atoms with E-state index >= 15 is 0 Å². The number of rotatable bonds is 7. The summed E-state index contributed by atoms with van der Waals surface area (Å²) in [4.78, 5) is 20.5. The Bertz CT molecular complexity index is 562. The zero-order valence-electron chi connectivity index (χ0n) is 12.7. The van der Waals surface area contributed by atoms with Crippen LogP contribution >= 0.6 is 11.3 Å². The highest BCUT2D eigenvalue weighted by molar-refractivity contribution is 7.09. The first kappa shape index (κ1) is 15.7. The quantitative estimate of drug-likeness (QED) is 0.855. The topological polar surface area (TPSA) is 59.8 Å². The number of nitrogens with zero attached hydrogens (tertiary/aromatic N) is 3. The fourth-order valence-corrected chi connectivity index (χ4v) is 2.92. The third-order valence-corrected chi connectivity index (χ3v) is 4.40. The number of carbonyl (C=O) groups excluding carboxylic acids is 1. The van der Waals surface area contributed by atoms with Gasteiger partial charge in [0.25, 0.3) is 0 Å². The summed E-state index contributed by atoms with van der Waals surface area (Å²) in [6.45, 7) is 7.05. The van der Waals surface area contributed by atoms with Crippen LogP contribution in [-0.4, -0.2) is 20.4 Å². The molecular weight excluding hydrogens is 284 g/mol. The van der Waals surface area contributed by atoms with E-state index in [1.807, 2.05) is 23.1 Å². The molecule has 0 radical (unpaired) electrons. The lowest BCUT2D eigenvalue weighted by Crippen LogP contribution is -2.26. The van der Waals surface area contributed by atoms with Crippen molar-refractivity contribution in [1.82, 2.24) is 19.9 Å². The molecule has 0 aromatic carbocycles. The molecule has 6 heteroatoms. The van der Waals surface area contributed by atoms with Gasteiger partial charge in [-0.05, 0) is 13.3 Å². The molecule has 21 heavy (non-hydrogen) atoms. The number of amides is 1. The van der Waals surface area contributed by atoms with Crippen molar-refractivity contribution in [2.24, 2.45) is 0 Å². The molecule has 0 bridgehead atoms. The fourth-order valence-electron chi connectivity index (χ4n) is 1.99. The molecule has 0 unspecified atom stereocenters. The number of carbonyl (C=O) groups is 1. The molecule has 2 aromatic rings. The van der Waals surface area contributed by atoms with Crippen LogP contribution in [0.25, 0.3) is 0 Å². The van der Waals surface area contributed by atoms with E-state index < -0.39 is 0 Å². The molecule has 2 aromatic heterocycles. The summed E-state index contributed by atoms with van der Waals surface area (Å²) in [5.41, 5.74) is 0.951. The minimum Gasteiger partial charge on any atom is -0.348 e. The van der Waals surface area contributed by atoms with Crippen LogP contribution in [0.5, 0.6) is 0 Å². The van der Waals surface area contributed by atoms with E-state index in [4.69, 9.17) is 0 Å². The first-order valence-corrected chi connectivity index (χ1v) is 8.14. The van der Waals surface area contributed by atoms with Gasteiger partial charge in [-0.15, -0.1) is 11.3 Å². The third kappa shape index (κ3) is 4.67. The van der Waals surface area contributed by atoms with Crippen LogP contribution in [0.2, 0.25) is 0 Å². The molecule has 1 amide bonds. The number of nitrogens with one attached hydrogen (secondary N) is 1. The van der Waals surface area contributed by atoms with Crippen LogP contribution in [0.15, 0.2) is 24.1 Å². The Morgan fingerprint density at radius 2 is 2.24 bits per heavy atom. The molecule has 5 nitrogen and oxygen atoms in total. The van der Waals surface area contributed by atoms with Crippen molar-refractivity contribution in [2.45, 2.75) is 52.1 Å². The molecule has 0 saturated heterocycles. The van der Waals surface area contributed by atoms with Crippen LogP contribution in [0.3, 0.4) is 0 Å². The number of imidazole rings is 1. The van der Waals surface area contributed by atoms with Gasteiger partial charge in [-0.1, -0.05) is 13.8 Å². The summed E-state index contributed by atoms with van der Waals surface area (Å²) in [6, 6.07) is -0.0329. The van der Waals surface area contributed by atoms with Crippen molar-refractivity contribution in [3.63, 3.8) is 0 Å². The number of thiazole rings is 1. The standard InChI is InChI=1S/C15H22N4OS/c1-11(2)15-18-13(9-21-15)12(3)17-14(20)5-4-7-19-8-6-16-10-19/h6,8-12H,4-5,7H2,1-3H3,(H,17,20)/t12-/m0/s1. The number of aromatic nitrogens is 3. The Kier molecular flexibility index (Phi) is 5.50. The normalized spacial score (nSPS) is 12.6. The Labute approximate surface area is 129 Å². The van der Waals surface area contributed by atoms with Crippen molar-refractivity contribution in [3.05, 3.63) is 34.8 Å². The first-order chi connectivity index (χ1) is 10.1. The average molecular weight is 306 g/mol. The maximum atomic E-state index is 11.9. The fraction of sp³-hybridized carbons (Fsp3) is 0.533. The molecule has 0 aliphatic carbocycles. The Hall–Kier alpha value is -1.69. The van der Waals surface area contributed by atoms with Crippen LogP contribution in [0, 0.1) is 0 Å². The Balaban J connectivity index is 1.75. The van der Waals surface area contributed by atoms with Crippen molar-refractivity contribution in [2.75, 3.05) is 0 Å². The molecule has 0 aliphatic rings. The molecule has 0 fully saturated rings. The van der Waals surface area contributed by atoms with Gasteiger partial charge in [-0.25, -0.2) is 9.97 Å². The summed E-state index contributed by atoms with van der Waals surface area (Å²) >= 11 is 1.66. The lowest BCUT2D eigenvalue weighted by atomic mass is 10.2. The highest BCUT2D eigenvalue weighted by Crippen LogP contribution is 2.22. The van der Waals surface area contributed by atoms with Gasteiger partial charge >= 0.3 is 0 Å². The lowest BCUT2D eigenvalue weighted by molar-refractivity contribution is -0.121. The number of aryl methyl sites for hydroxylation is 1. The van der Waals surface area contributed by atoms with Crippen LogP contribution in [-0.2, 0) is 11.3 Å². The van der Waals surface area contributed by atoms with Gasteiger partial charge in [-0.3, -0.25) is 4.79 Å². The van der Waals surface area contributed by atoms with Crippen molar-refractivity contribution >= 4 is 17.2 Å². The zero-order chi connectivity index (χ0) is 15.2. The van der Waals surface area contributed by atoms with Crippen LogP contribution < -0.4 is 5.32 Å². The highest BCUT2D eigenvalue weighted by Gasteiger charge is 2.14. The first-order valence-electron chi connectivity index (χ1n) is 7.26. The highest BCUT2D eigenvalue weighted by atomic mass is 32.1. The molecule has 1 N–H and O–H groups in total. The van der Waals surface area contributed by atoms with Gasteiger partial charge in [0.1, 0.15) is 0 Å². The molecule has 0 aliphatic heterocycles. The maximum absolute atomic E-state index is 11.9. The molecular formula is C15H22N4OS. The van der Waals surface area contributed by atoms with Crippen molar-refractivity contribution < 1.29 is 4.79 Å². The number of hydrogen-bond donors (Lipinski definition) is 1. The van der Waals surface area contributed by atoms with E-state index in [1.165, 1.54) is 0 Å². The van der Waals surface area contributed by atoms with Crippen LogP contribution in [0.4, 0.5) is 0 Å². The molecule has 114 valence electrons. The van der Waals surface area contributed by atoms with Crippen molar-refractivity contribution in [1.29, 1.82) is 0 Å². The van der Waals surface area contributed by atoms with Gasteiger partial charge in [0.15, 0.2) is 0 Å². The van der Waals surface area contributed by atoms with Gasteiger partial charge in [0.05, 0.1) is 23.1 Å². The Morgan fingerprint density at radius 1 is 1.43 bits per heavy atom. The van der Waals surface area contributed by atoms with E-state index in [1.54, 1.807) is 23.9 Å². The maximum Gasteiger partial charge on any atom is 0.220 e. The summed E-state index contributed by atoms with van der Waals surface area (Å²) < 4.78 is 1.98. The van der Waals surface area contributed by atoms with Crippen LogP contribution in [0.1, 0.15) is 56.3 Å². The van der Waals surface area contributed by atoms with Gasteiger partial charge in [-0.2, -0.15) is 0 Å². The van der Waals surface area contributed by atoms with Crippen molar-refractivity contribution in [3.8, 4) is 0 Å². The summed E-state index contributed by atoms with van der Waals surface area (Å²) in [6.07, 6.45) is 6.75. The summed E-state index contributed by atoms with van der Waals surface area (Å²) in [5.74, 6) is 0.503. The average Bonchev–Trinajstić information content (AvgIpc) is 3.09. The minimum absolute atomic E-state index is 0.0329. The van der Waals surface area contributed by atoms with Gasteiger partial charge in [0.2, 0.25) is 5.91 Å². The van der Waals surface area contributed by atoms with E-state index in [9.17, 15) is 4.79 Å². The SMILES string of the molecule is CC(C)c1nc([C@H](C)NC(=O)CCCn2ccnc2)cs1. The van der Waals surface area contributed by atoms with E-state index in [0.717, 1.165) is 23.7 Å². The zero-order valence-corrected chi connectivity index (χ0v) is 13.6. The molecule has 2 heterocycles. The summed E-state index contributed by atoms with van der Waals surface area (Å²) in [5, 5.41) is 6.16. The molecule has 0 saturated carbocycles. The second-order valence-electron chi connectivity index (χ2n) is 5.46. The van der Waals surface area contributed by atoms with E-state index in [-0.39, 0.29) is 11.9 Å². The molecule has 1 atom stereocenters. The third-order valence-electron chi connectivity index (χ3n) is 3.23. The van der Waals surface area contributed by atoms with Gasteiger partial charge in [0, 0.05) is 36.7 Å². The second kappa shape index (κ2) is 7.36. The number of hydrogen-bond acceptors (Lipinski definition) is 4. The second-order valence-corrected chi connectivity index (χ2v) is 6.35. The smallest absolute Gasteiger partial charge is 0.220 e. The monoisotopic (exact) mass is 306 g/mol. The Morgan fingerprint density at radius 3 is 2.86 bits per heavy atom. The van der Waals surface area contributed by atoms with E-state index in [2.05, 4.69) is 29.1 Å². The predicted octanol–water partition coefficient (Wildman–Crippen LogP) is 3.12. The molecule has 0 spiro atoms. The summed E-state index contributed by atoms with van der Waals surface area (Å²) in [7, 11) is 0. The predicted molar refractivity (Wildman–Crippen MR) is 84.2 cm³/mol. The minimum atomic E-state index is -0.0329. The largest absolute Gasteiger partial charge is 0.348 e.